The number of methoxy groups -OCH3 is 1. The molecule has 0 atom stereocenters. The van der Waals surface area contributed by atoms with E-state index in [-0.39, 0.29) is 17.0 Å². The van der Waals surface area contributed by atoms with Crippen LogP contribution in [0.15, 0.2) is 24.3 Å². The molecular weight excluding hydrogens is 278 g/mol. The van der Waals surface area contributed by atoms with Crippen molar-refractivity contribution in [1.29, 1.82) is 0 Å². The van der Waals surface area contributed by atoms with E-state index in [4.69, 9.17) is 9.57 Å². The van der Waals surface area contributed by atoms with E-state index < -0.39 is 0 Å². The molecule has 0 aromatic heterocycles. The SMILES string of the molecule is COC(=O)c1ccccc1CON1C(C)(C)CCCC1(C)C. The van der Waals surface area contributed by atoms with Crippen LogP contribution < -0.4 is 0 Å². The summed E-state index contributed by atoms with van der Waals surface area (Å²) >= 11 is 0. The molecule has 2 rings (SSSR count). The number of esters is 1. The van der Waals surface area contributed by atoms with Crippen LogP contribution in [0, 0.1) is 0 Å². The normalized spacial score (nSPS) is 20.6. The summed E-state index contributed by atoms with van der Waals surface area (Å²) in [7, 11) is 1.40. The number of ether oxygens (including phenoxy) is 1. The highest BCUT2D eigenvalue weighted by atomic mass is 16.7. The highest BCUT2D eigenvalue weighted by Gasteiger charge is 2.42. The van der Waals surface area contributed by atoms with E-state index in [9.17, 15) is 4.79 Å². The molecule has 1 aliphatic rings. The van der Waals surface area contributed by atoms with Gasteiger partial charge in [-0.1, -0.05) is 18.2 Å². The second kappa shape index (κ2) is 6.39. The zero-order valence-electron chi connectivity index (χ0n) is 14.3. The average Bonchev–Trinajstić information content (AvgIpc) is 2.45. The van der Waals surface area contributed by atoms with Crippen molar-refractivity contribution in [2.24, 2.45) is 0 Å². The Hall–Kier alpha value is -1.39. The molecule has 0 aliphatic carbocycles. The molecular formula is C18H27NO3. The minimum Gasteiger partial charge on any atom is -0.465 e. The minimum atomic E-state index is -0.323. The lowest BCUT2D eigenvalue weighted by Crippen LogP contribution is -2.58. The molecule has 0 N–H and O–H groups in total. The number of hydrogen-bond donors (Lipinski definition) is 0. The van der Waals surface area contributed by atoms with Gasteiger partial charge in [-0.15, -0.1) is 0 Å². The molecule has 122 valence electrons. The largest absolute Gasteiger partial charge is 0.465 e. The van der Waals surface area contributed by atoms with E-state index in [1.807, 2.05) is 18.2 Å². The van der Waals surface area contributed by atoms with Gasteiger partial charge in [-0.2, -0.15) is 5.06 Å². The molecule has 0 saturated carbocycles. The van der Waals surface area contributed by atoms with Crippen molar-refractivity contribution in [2.45, 2.75) is 64.6 Å². The third-order valence-corrected chi connectivity index (χ3v) is 4.45. The van der Waals surface area contributed by atoms with Crippen LogP contribution in [0.3, 0.4) is 0 Å². The number of hydroxylamine groups is 2. The van der Waals surface area contributed by atoms with E-state index >= 15 is 0 Å². The van der Waals surface area contributed by atoms with Crippen molar-refractivity contribution in [3.8, 4) is 0 Å². The Bertz CT molecular complexity index is 521. The number of carbonyl (C=O) groups excluding carboxylic acids is 1. The van der Waals surface area contributed by atoms with Gasteiger partial charge in [-0.25, -0.2) is 4.79 Å². The molecule has 4 nitrogen and oxygen atoms in total. The summed E-state index contributed by atoms with van der Waals surface area (Å²) < 4.78 is 4.84. The maximum Gasteiger partial charge on any atom is 0.338 e. The number of piperidine rings is 1. The highest BCUT2D eigenvalue weighted by molar-refractivity contribution is 5.90. The van der Waals surface area contributed by atoms with Gasteiger partial charge in [0.15, 0.2) is 0 Å². The minimum absolute atomic E-state index is 0.0119. The van der Waals surface area contributed by atoms with Gasteiger partial charge in [0.05, 0.1) is 19.3 Å². The number of carbonyl (C=O) groups is 1. The molecule has 0 amide bonds. The lowest BCUT2D eigenvalue weighted by atomic mass is 9.82. The van der Waals surface area contributed by atoms with Crippen molar-refractivity contribution in [2.75, 3.05) is 7.11 Å². The Kier molecular flexibility index (Phi) is 4.93. The van der Waals surface area contributed by atoms with E-state index in [1.54, 1.807) is 6.07 Å². The molecule has 1 fully saturated rings. The van der Waals surface area contributed by atoms with Gasteiger partial charge in [-0.3, -0.25) is 4.84 Å². The van der Waals surface area contributed by atoms with Gasteiger partial charge in [0.1, 0.15) is 0 Å². The summed E-state index contributed by atoms with van der Waals surface area (Å²) in [6.07, 6.45) is 3.42. The van der Waals surface area contributed by atoms with Crippen LogP contribution in [0.2, 0.25) is 0 Å². The topological polar surface area (TPSA) is 38.8 Å². The van der Waals surface area contributed by atoms with Crippen LogP contribution in [0.4, 0.5) is 0 Å². The molecule has 22 heavy (non-hydrogen) atoms. The van der Waals surface area contributed by atoms with Crippen LogP contribution in [0.25, 0.3) is 0 Å². The summed E-state index contributed by atoms with van der Waals surface area (Å²) in [5.41, 5.74) is 1.40. The van der Waals surface area contributed by atoms with Gasteiger partial charge in [0.25, 0.3) is 0 Å². The van der Waals surface area contributed by atoms with Gasteiger partial charge >= 0.3 is 5.97 Å². The summed E-state index contributed by atoms with van der Waals surface area (Å²) in [5, 5.41) is 2.11. The fraction of sp³-hybridized carbons (Fsp3) is 0.611. The molecule has 4 heteroatoms. The quantitative estimate of drug-likeness (QED) is 0.790. The smallest absolute Gasteiger partial charge is 0.338 e. The van der Waals surface area contributed by atoms with Crippen LogP contribution in [-0.2, 0) is 16.2 Å². The second-order valence-corrected chi connectivity index (χ2v) is 7.19. The van der Waals surface area contributed by atoms with E-state index in [1.165, 1.54) is 13.5 Å². The Labute approximate surface area is 133 Å². The lowest BCUT2D eigenvalue weighted by molar-refractivity contribution is -0.288. The van der Waals surface area contributed by atoms with Crippen LogP contribution in [-0.4, -0.2) is 29.2 Å². The molecule has 0 spiro atoms. The molecule has 0 radical (unpaired) electrons. The van der Waals surface area contributed by atoms with Gasteiger partial charge < -0.3 is 4.74 Å². The maximum absolute atomic E-state index is 11.8. The predicted molar refractivity (Wildman–Crippen MR) is 86.4 cm³/mol. The Morgan fingerprint density at radius 2 is 1.73 bits per heavy atom. The molecule has 1 heterocycles. The van der Waals surface area contributed by atoms with E-state index in [0.717, 1.165) is 18.4 Å². The summed E-state index contributed by atoms with van der Waals surface area (Å²) in [5.74, 6) is -0.323. The number of hydrogen-bond acceptors (Lipinski definition) is 4. The van der Waals surface area contributed by atoms with Crippen LogP contribution >= 0.6 is 0 Å². The summed E-state index contributed by atoms with van der Waals surface area (Å²) in [6, 6.07) is 7.44. The predicted octanol–water partition coefficient (Wildman–Crippen LogP) is 3.95. The van der Waals surface area contributed by atoms with Crippen molar-refractivity contribution < 1.29 is 14.4 Å². The third-order valence-electron chi connectivity index (χ3n) is 4.45. The molecule has 1 saturated heterocycles. The molecule has 0 bridgehead atoms. The first-order valence-electron chi connectivity index (χ1n) is 7.87. The molecule has 1 aromatic rings. The van der Waals surface area contributed by atoms with E-state index in [0.29, 0.717) is 12.2 Å². The monoisotopic (exact) mass is 305 g/mol. The van der Waals surface area contributed by atoms with E-state index in [2.05, 4.69) is 32.8 Å². The van der Waals surface area contributed by atoms with Crippen molar-refractivity contribution in [3.05, 3.63) is 35.4 Å². The van der Waals surface area contributed by atoms with Gasteiger partial charge in [0.2, 0.25) is 0 Å². The lowest BCUT2D eigenvalue weighted by Gasteiger charge is -2.51. The fourth-order valence-corrected chi connectivity index (χ4v) is 3.41. The first kappa shape index (κ1) is 17.0. The first-order valence-corrected chi connectivity index (χ1v) is 7.87. The molecule has 1 aliphatic heterocycles. The zero-order chi connectivity index (χ0) is 16.4. The molecule has 1 aromatic carbocycles. The standard InChI is InChI=1S/C18H27NO3/c1-17(2)11-8-12-18(3,4)19(17)22-13-14-9-6-7-10-15(14)16(20)21-5/h6-7,9-10H,8,11-13H2,1-5H3. The van der Waals surface area contributed by atoms with Crippen molar-refractivity contribution in [1.82, 2.24) is 5.06 Å². The number of rotatable bonds is 4. The molecule has 0 unspecified atom stereocenters. The van der Waals surface area contributed by atoms with Crippen LogP contribution in [0.5, 0.6) is 0 Å². The van der Waals surface area contributed by atoms with Gasteiger partial charge in [0, 0.05) is 11.1 Å². The Morgan fingerprint density at radius 1 is 1.14 bits per heavy atom. The number of nitrogens with zero attached hydrogens (tertiary/aromatic N) is 1. The average molecular weight is 305 g/mol. The summed E-state index contributed by atoms with van der Waals surface area (Å²) in [6.45, 7) is 9.21. The Balaban J connectivity index is 2.17. The fourth-order valence-electron chi connectivity index (χ4n) is 3.41. The van der Waals surface area contributed by atoms with Crippen molar-refractivity contribution >= 4 is 5.97 Å². The third kappa shape index (κ3) is 3.50. The first-order chi connectivity index (χ1) is 10.3. The van der Waals surface area contributed by atoms with Gasteiger partial charge in [-0.05, 0) is 58.6 Å². The van der Waals surface area contributed by atoms with Crippen molar-refractivity contribution in [3.63, 3.8) is 0 Å². The number of benzene rings is 1. The maximum atomic E-state index is 11.8. The zero-order valence-corrected chi connectivity index (χ0v) is 14.3. The second-order valence-electron chi connectivity index (χ2n) is 7.19. The Morgan fingerprint density at radius 3 is 2.32 bits per heavy atom. The van der Waals surface area contributed by atoms with Crippen LogP contribution in [0.1, 0.15) is 62.9 Å². The summed E-state index contributed by atoms with van der Waals surface area (Å²) in [4.78, 5) is 18.0. The highest BCUT2D eigenvalue weighted by Crippen LogP contribution is 2.38.